The van der Waals surface area contributed by atoms with Crippen molar-refractivity contribution < 1.29 is 4.42 Å². The van der Waals surface area contributed by atoms with Crippen molar-refractivity contribution >= 4 is 6.08 Å². The van der Waals surface area contributed by atoms with Gasteiger partial charge in [-0.25, -0.2) is 4.98 Å². The second kappa shape index (κ2) is 5.54. The van der Waals surface area contributed by atoms with Gasteiger partial charge in [-0.05, 0) is 41.7 Å². The van der Waals surface area contributed by atoms with E-state index < -0.39 is 0 Å². The molecule has 0 fully saturated rings. The van der Waals surface area contributed by atoms with Crippen molar-refractivity contribution in [2.45, 2.75) is 26.2 Å². The summed E-state index contributed by atoms with van der Waals surface area (Å²) >= 11 is 0. The predicted octanol–water partition coefficient (Wildman–Crippen LogP) is 5.84. The molecule has 4 rings (SSSR count). The fraction of sp³-hybridized carbons (Fsp3) is 0.190. The zero-order chi connectivity index (χ0) is 15.8. The number of allylic oxidation sites excluding steroid dienone is 1. The number of hydrogen-bond donors (Lipinski definition) is 0. The fourth-order valence-corrected chi connectivity index (χ4v) is 3.42. The van der Waals surface area contributed by atoms with Crippen LogP contribution in [0.15, 0.2) is 59.4 Å². The Bertz CT molecular complexity index is 875. The molecular weight excluding hydrogens is 282 g/mol. The highest BCUT2D eigenvalue weighted by molar-refractivity contribution is 5.88. The fourth-order valence-electron chi connectivity index (χ4n) is 3.42. The van der Waals surface area contributed by atoms with Gasteiger partial charge in [-0.2, -0.15) is 0 Å². The molecule has 2 nitrogen and oxygen atoms in total. The summed E-state index contributed by atoms with van der Waals surface area (Å²) in [7, 11) is 0. The lowest BCUT2D eigenvalue weighted by Crippen LogP contribution is -1.94. The minimum atomic E-state index is 0.528. The zero-order valence-electron chi connectivity index (χ0n) is 13.4. The lowest BCUT2D eigenvalue weighted by molar-refractivity contribution is 0.575. The molecule has 0 spiro atoms. The van der Waals surface area contributed by atoms with E-state index in [4.69, 9.17) is 4.42 Å². The van der Waals surface area contributed by atoms with E-state index in [9.17, 15) is 0 Å². The Balaban J connectivity index is 1.95. The summed E-state index contributed by atoms with van der Waals surface area (Å²) in [5.41, 5.74) is 7.48. The summed E-state index contributed by atoms with van der Waals surface area (Å²) in [5.74, 6) is 1.20. The Morgan fingerprint density at radius 1 is 1.09 bits per heavy atom. The number of fused-ring (bicyclic) bond motifs is 1. The first-order valence-electron chi connectivity index (χ1n) is 8.10. The van der Waals surface area contributed by atoms with Crippen LogP contribution in [0.2, 0.25) is 0 Å². The molecule has 1 heterocycles. The van der Waals surface area contributed by atoms with Crippen molar-refractivity contribution in [1.29, 1.82) is 0 Å². The molecule has 0 amide bonds. The summed E-state index contributed by atoms with van der Waals surface area (Å²) in [4.78, 5) is 4.34. The first-order valence-corrected chi connectivity index (χ1v) is 8.10. The minimum absolute atomic E-state index is 0.528. The Labute approximate surface area is 136 Å². The van der Waals surface area contributed by atoms with E-state index in [1.807, 2.05) is 0 Å². The van der Waals surface area contributed by atoms with Crippen LogP contribution in [0.1, 0.15) is 36.0 Å². The molecule has 0 bridgehead atoms. The van der Waals surface area contributed by atoms with Crippen LogP contribution < -0.4 is 0 Å². The van der Waals surface area contributed by atoms with Gasteiger partial charge in [0, 0.05) is 11.5 Å². The highest BCUT2D eigenvalue weighted by Crippen LogP contribution is 2.41. The molecule has 114 valence electrons. The zero-order valence-corrected chi connectivity index (χ0v) is 13.4. The quantitative estimate of drug-likeness (QED) is 0.607. The molecule has 1 unspecified atom stereocenters. The normalized spacial score (nSPS) is 15.8. The lowest BCUT2D eigenvalue weighted by Gasteiger charge is -2.14. The molecule has 2 heteroatoms. The van der Waals surface area contributed by atoms with E-state index >= 15 is 0 Å². The SMILES string of the molecule is CCC1C=Cc2c(-c3cc(C)ccc3-c3ncco3)cccc21. The van der Waals surface area contributed by atoms with Crippen molar-refractivity contribution in [2.75, 3.05) is 0 Å². The van der Waals surface area contributed by atoms with Crippen molar-refractivity contribution in [2.24, 2.45) is 0 Å². The van der Waals surface area contributed by atoms with E-state index in [0.717, 1.165) is 12.0 Å². The molecule has 0 saturated heterocycles. The predicted molar refractivity (Wildman–Crippen MR) is 94.2 cm³/mol. The van der Waals surface area contributed by atoms with Crippen LogP contribution in [-0.2, 0) is 0 Å². The maximum atomic E-state index is 5.55. The Kier molecular flexibility index (Phi) is 3.38. The molecular formula is C21H19NO. The van der Waals surface area contributed by atoms with Crippen molar-refractivity contribution in [3.05, 3.63) is 71.6 Å². The summed E-state index contributed by atoms with van der Waals surface area (Å²) in [5, 5.41) is 0. The number of oxazole rings is 1. The summed E-state index contributed by atoms with van der Waals surface area (Å²) in [6.07, 6.45) is 9.03. The summed E-state index contributed by atoms with van der Waals surface area (Å²) < 4.78 is 5.55. The van der Waals surface area contributed by atoms with Gasteiger partial charge in [0.25, 0.3) is 0 Å². The van der Waals surface area contributed by atoms with Crippen molar-refractivity contribution in [3.63, 3.8) is 0 Å². The van der Waals surface area contributed by atoms with Crippen LogP contribution in [0.25, 0.3) is 28.7 Å². The van der Waals surface area contributed by atoms with Gasteiger partial charge < -0.3 is 4.42 Å². The second-order valence-electron chi connectivity index (χ2n) is 6.07. The first-order chi connectivity index (χ1) is 11.3. The van der Waals surface area contributed by atoms with Crippen LogP contribution in [0, 0.1) is 6.92 Å². The number of aryl methyl sites for hydroxylation is 1. The molecule has 0 aliphatic heterocycles. The largest absolute Gasteiger partial charge is 0.445 e. The summed E-state index contributed by atoms with van der Waals surface area (Å²) in [6, 6.07) is 13.0. The van der Waals surface area contributed by atoms with Crippen molar-refractivity contribution in [1.82, 2.24) is 4.98 Å². The molecule has 23 heavy (non-hydrogen) atoms. The van der Waals surface area contributed by atoms with Crippen LogP contribution in [0.3, 0.4) is 0 Å². The molecule has 0 N–H and O–H groups in total. The van der Waals surface area contributed by atoms with Gasteiger partial charge in [-0.3, -0.25) is 0 Å². The molecule has 1 aliphatic carbocycles. The van der Waals surface area contributed by atoms with Gasteiger partial charge in [0.1, 0.15) is 6.26 Å². The van der Waals surface area contributed by atoms with Crippen LogP contribution in [0.4, 0.5) is 0 Å². The number of aromatic nitrogens is 1. The lowest BCUT2D eigenvalue weighted by atomic mass is 9.90. The molecule has 1 atom stereocenters. The number of nitrogens with zero attached hydrogens (tertiary/aromatic N) is 1. The maximum absolute atomic E-state index is 5.55. The molecule has 3 aromatic rings. The molecule has 2 aromatic carbocycles. The van der Waals surface area contributed by atoms with Crippen LogP contribution >= 0.6 is 0 Å². The van der Waals surface area contributed by atoms with Gasteiger partial charge in [0.15, 0.2) is 0 Å². The van der Waals surface area contributed by atoms with Crippen LogP contribution in [-0.4, -0.2) is 4.98 Å². The van der Waals surface area contributed by atoms with Gasteiger partial charge in [-0.1, -0.05) is 55.0 Å². The second-order valence-corrected chi connectivity index (χ2v) is 6.07. The monoisotopic (exact) mass is 301 g/mol. The average Bonchev–Trinajstić information content (AvgIpc) is 3.23. The van der Waals surface area contributed by atoms with E-state index in [-0.39, 0.29) is 0 Å². The van der Waals surface area contributed by atoms with E-state index in [1.54, 1.807) is 12.5 Å². The molecule has 0 saturated carbocycles. The Morgan fingerprint density at radius 2 is 2.00 bits per heavy atom. The third-order valence-corrected chi connectivity index (χ3v) is 4.60. The Hall–Kier alpha value is -2.61. The van der Waals surface area contributed by atoms with Gasteiger partial charge in [0.05, 0.1) is 6.20 Å². The number of rotatable bonds is 3. The third kappa shape index (κ3) is 2.31. The topological polar surface area (TPSA) is 26.0 Å². The average molecular weight is 301 g/mol. The molecule has 0 radical (unpaired) electrons. The van der Waals surface area contributed by atoms with Gasteiger partial charge >= 0.3 is 0 Å². The smallest absolute Gasteiger partial charge is 0.226 e. The first kappa shape index (κ1) is 14.0. The van der Waals surface area contributed by atoms with Crippen molar-refractivity contribution in [3.8, 4) is 22.6 Å². The third-order valence-electron chi connectivity index (χ3n) is 4.60. The van der Waals surface area contributed by atoms with E-state index in [1.165, 1.54) is 27.8 Å². The van der Waals surface area contributed by atoms with Gasteiger partial charge in [0.2, 0.25) is 5.89 Å². The Morgan fingerprint density at radius 3 is 2.78 bits per heavy atom. The molecule has 1 aromatic heterocycles. The standard InChI is InChI=1S/C21H19NO/c1-3-15-8-10-18-16(15)5-4-6-17(18)20-13-14(2)7-9-19(20)21-22-11-12-23-21/h4-13,15H,3H2,1-2H3. The number of hydrogen-bond acceptors (Lipinski definition) is 2. The van der Waals surface area contributed by atoms with Crippen LogP contribution in [0.5, 0.6) is 0 Å². The maximum Gasteiger partial charge on any atom is 0.226 e. The number of benzene rings is 2. The van der Waals surface area contributed by atoms with E-state index in [0.29, 0.717) is 11.8 Å². The van der Waals surface area contributed by atoms with E-state index in [2.05, 4.69) is 67.4 Å². The minimum Gasteiger partial charge on any atom is -0.445 e. The molecule has 1 aliphatic rings. The highest BCUT2D eigenvalue weighted by Gasteiger charge is 2.21. The highest BCUT2D eigenvalue weighted by atomic mass is 16.3. The van der Waals surface area contributed by atoms with Gasteiger partial charge in [-0.15, -0.1) is 0 Å². The summed E-state index contributed by atoms with van der Waals surface area (Å²) in [6.45, 7) is 4.36.